The van der Waals surface area contributed by atoms with Gasteiger partial charge in [-0.2, -0.15) is 0 Å². The molecule has 1 aliphatic carbocycles. The molecule has 1 N–H and O–H groups in total. The van der Waals surface area contributed by atoms with Gasteiger partial charge in [-0.05, 0) is 38.2 Å². The van der Waals surface area contributed by atoms with E-state index >= 15 is 0 Å². The van der Waals surface area contributed by atoms with Crippen molar-refractivity contribution < 1.29 is 19.4 Å². The number of alkyl halides is 1. The van der Waals surface area contributed by atoms with Gasteiger partial charge in [0.25, 0.3) is 0 Å². The molecule has 0 bridgehead atoms. The van der Waals surface area contributed by atoms with Crippen molar-refractivity contribution >= 4 is 17.6 Å². The molecule has 1 heterocycles. The Morgan fingerprint density at radius 3 is 2.69 bits per heavy atom. The van der Waals surface area contributed by atoms with Crippen LogP contribution in [0.25, 0.3) is 0 Å². The molecule has 1 aromatic rings. The average Bonchev–Trinajstić information content (AvgIpc) is 2.59. The predicted molar refractivity (Wildman–Crippen MR) is 102 cm³/mol. The molecule has 3 rings (SSSR count). The Balaban J connectivity index is 1.76. The van der Waals surface area contributed by atoms with Gasteiger partial charge in [-0.1, -0.05) is 37.0 Å². The summed E-state index contributed by atoms with van der Waals surface area (Å²) in [5, 5.41) is 9.71. The van der Waals surface area contributed by atoms with Gasteiger partial charge in [-0.25, -0.2) is 0 Å². The van der Waals surface area contributed by atoms with E-state index in [4.69, 9.17) is 21.1 Å². The van der Waals surface area contributed by atoms with E-state index in [1.54, 1.807) is 0 Å². The molecule has 1 aromatic carbocycles. The minimum atomic E-state index is -0.647. The topological polar surface area (TPSA) is 55.8 Å². The number of halogens is 1. The van der Waals surface area contributed by atoms with E-state index in [-0.39, 0.29) is 24.4 Å². The molecule has 3 atom stereocenters. The number of ether oxygens (including phenoxy) is 2. The number of aryl methyl sites for hydroxylation is 2. The van der Waals surface area contributed by atoms with Crippen molar-refractivity contribution in [2.45, 2.75) is 76.4 Å². The molecule has 0 radical (unpaired) electrons. The number of cyclic esters (lactones) is 1. The Kier molecular flexibility index (Phi) is 6.46. The Morgan fingerprint density at radius 1 is 1.27 bits per heavy atom. The predicted octanol–water partition coefficient (Wildman–Crippen LogP) is 4.61. The van der Waals surface area contributed by atoms with Gasteiger partial charge in [0.1, 0.15) is 18.5 Å². The summed E-state index contributed by atoms with van der Waals surface area (Å²) in [7, 11) is 0. The van der Waals surface area contributed by atoms with E-state index in [0.717, 1.165) is 29.7 Å². The van der Waals surface area contributed by atoms with Gasteiger partial charge in [-0.3, -0.25) is 4.79 Å². The van der Waals surface area contributed by atoms with Crippen LogP contribution < -0.4 is 4.74 Å². The van der Waals surface area contributed by atoms with Crippen LogP contribution in [0.5, 0.6) is 5.75 Å². The van der Waals surface area contributed by atoms with Gasteiger partial charge in [0, 0.05) is 12.0 Å². The zero-order chi connectivity index (χ0) is 18.7. The van der Waals surface area contributed by atoms with Crippen LogP contribution in [0.2, 0.25) is 0 Å². The number of esters is 1. The largest absolute Gasteiger partial charge is 0.489 e. The number of benzene rings is 1. The lowest BCUT2D eigenvalue weighted by atomic mass is 9.83. The summed E-state index contributed by atoms with van der Waals surface area (Å²) in [5.74, 6) is 0.913. The van der Waals surface area contributed by atoms with Crippen LogP contribution in [0.15, 0.2) is 12.1 Å². The van der Waals surface area contributed by atoms with Crippen LogP contribution in [0.4, 0.5) is 0 Å². The molecule has 1 aliphatic heterocycles. The summed E-state index contributed by atoms with van der Waals surface area (Å²) < 4.78 is 11.4. The lowest BCUT2D eigenvalue weighted by molar-refractivity contribution is -0.162. The van der Waals surface area contributed by atoms with Crippen molar-refractivity contribution in [3.05, 3.63) is 28.8 Å². The first kappa shape index (κ1) is 19.5. The Hall–Kier alpha value is -1.26. The molecule has 2 aliphatic rings. The van der Waals surface area contributed by atoms with E-state index in [9.17, 15) is 9.90 Å². The summed E-state index contributed by atoms with van der Waals surface area (Å²) in [6, 6.07) is 4.21. The SMILES string of the molecule is Cc1cc(C)c(OCC2C[C@@H](O)CC(=O)O2)c(C(Cl)C2CCCCC2)c1. The summed E-state index contributed by atoms with van der Waals surface area (Å²) in [6.07, 6.45) is 5.52. The number of hydrogen-bond acceptors (Lipinski definition) is 4. The molecule has 144 valence electrons. The van der Waals surface area contributed by atoms with Crippen LogP contribution in [-0.2, 0) is 9.53 Å². The third-order valence-electron chi connectivity index (χ3n) is 5.46. The fraction of sp³-hybridized carbons (Fsp3) is 0.667. The maximum Gasteiger partial charge on any atom is 0.308 e. The molecule has 0 aromatic heterocycles. The highest BCUT2D eigenvalue weighted by molar-refractivity contribution is 6.21. The van der Waals surface area contributed by atoms with Gasteiger partial charge >= 0.3 is 5.97 Å². The highest BCUT2D eigenvalue weighted by Crippen LogP contribution is 2.43. The summed E-state index contributed by atoms with van der Waals surface area (Å²) >= 11 is 6.90. The number of carbonyl (C=O) groups is 1. The van der Waals surface area contributed by atoms with Crippen molar-refractivity contribution in [3.8, 4) is 5.75 Å². The lowest BCUT2D eigenvalue weighted by Crippen LogP contribution is -2.36. The molecule has 0 spiro atoms. The van der Waals surface area contributed by atoms with Crippen molar-refractivity contribution in [1.82, 2.24) is 0 Å². The standard InChI is InChI=1S/C21H29ClO4/c1-13-8-14(2)21(25-12-17-10-16(23)11-19(24)26-17)18(9-13)20(22)15-6-4-3-5-7-15/h8-9,15-17,20,23H,3-7,10-12H2,1-2H3/t16-,17?,20?/m1/s1. The molecule has 0 amide bonds. The van der Waals surface area contributed by atoms with Crippen molar-refractivity contribution in [1.29, 1.82) is 0 Å². The van der Waals surface area contributed by atoms with Crippen LogP contribution >= 0.6 is 11.6 Å². The van der Waals surface area contributed by atoms with Crippen molar-refractivity contribution in [2.24, 2.45) is 5.92 Å². The number of carbonyl (C=O) groups excluding carboxylic acids is 1. The molecule has 5 heteroatoms. The fourth-order valence-electron chi connectivity index (χ4n) is 4.21. The maximum absolute atomic E-state index is 11.5. The van der Waals surface area contributed by atoms with E-state index in [2.05, 4.69) is 19.1 Å². The highest BCUT2D eigenvalue weighted by Gasteiger charge is 2.30. The zero-order valence-corrected chi connectivity index (χ0v) is 16.4. The molecule has 1 saturated heterocycles. The van der Waals surface area contributed by atoms with Gasteiger partial charge in [0.15, 0.2) is 0 Å². The molecule has 2 unspecified atom stereocenters. The maximum atomic E-state index is 11.5. The van der Waals surface area contributed by atoms with E-state index in [1.165, 1.54) is 24.8 Å². The first-order valence-corrected chi connectivity index (χ1v) is 10.1. The van der Waals surface area contributed by atoms with Crippen LogP contribution in [0.1, 0.15) is 67.0 Å². The molecule has 4 nitrogen and oxygen atoms in total. The van der Waals surface area contributed by atoms with Crippen molar-refractivity contribution in [2.75, 3.05) is 6.61 Å². The zero-order valence-electron chi connectivity index (χ0n) is 15.7. The van der Waals surface area contributed by atoms with Crippen molar-refractivity contribution in [3.63, 3.8) is 0 Å². The summed E-state index contributed by atoms with van der Waals surface area (Å²) in [5.41, 5.74) is 3.26. The summed E-state index contributed by atoms with van der Waals surface area (Å²) in [6.45, 7) is 4.34. The second-order valence-corrected chi connectivity index (χ2v) is 8.29. The van der Waals surface area contributed by atoms with Gasteiger partial charge in [0.2, 0.25) is 0 Å². The number of aliphatic hydroxyl groups excluding tert-OH is 1. The van der Waals surface area contributed by atoms with Gasteiger partial charge in [0.05, 0.1) is 17.9 Å². The third kappa shape index (κ3) is 4.72. The minimum absolute atomic E-state index is 0.0662. The molecule has 1 saturated carbocycles. The lowest BCUT2D eigenvalue weighted by Gasteiger charge is -2.30. The Bertz CT molecular complexity index is 639. The second kappa shape index (κ2) is 8.62. The van der Waals surface area contributed by atoms with Gasteiger partial charge < -0.3 is 14.6 Å². The normalized spacial score (nSPS) is 25.6. The smallest absolute Gasteiger partial charge is 0.308 e. The van der Waals surface area contributed by atoms with E-state index in [0.29, 0.717) is 12.3 Å². The quantitative estimate of drug-likeness (QED) is 0.598. The van der Waals surface area contributed by atoms with E-state index < -0.39 is 12.2 Å². The molecule has 2 fully saturated rings. The van der Waals surface area contributed by atoms with Crippen LogP contribution in [0.3, 0.4) is 0 Å². The number of rotatable bonds is 5. The third-order valence-corrected chi connectivity index (χ3v) is 6.05. The average molecular weight is 381 g/mol. The first-order valence-electron chi connectivity index (χ1n) is 9.69. The highest BCUT2D eigenvalue weighted by atomic mass is 35.5. The van der Waals surface area contributed by atoms with Crippen LogP contribution in [0, 0.1) is 19.8 Å². The first-order chi connectivity index (χ1) is 12.4. The number of aliphatic hydroxyl groups is 1. The molecular formula is C21H29ClO4. The van der Waals surface area contributed by atoms with Crippen LogP contribution in [-0.4, -0.2) is 29.9 Å². The minimum Gasteiger partial charge on any atom is -0.489 e. The molecular weight excluding hydrogens is 352 g/mol. The second-order valence-electron chi connectivity index (χ2n) is 7.82. The monoisotopic (exact) mass is 380 g/mol. The Morgan fingerprint density at radius 2 is 2.00 bits per heavy atom. The fourth-order valence-corrected chi connectivity index (χ4v) is 4.62. The molecule has 26 heavy (non-hydrogen) atoms. The number of hydrogen-bond donors (Lipinski definition) is 1. The van der Waals surface area contributed by atoms with E-state index in [1.807, 2.05) is 6.92 Å². The Labute approximate surface area is 160 Å². The summed E-state index contributed by atoms with van der Waals surface area (Å²) in [4.78, 5) is 11.5. The van der Waals surface area contributed by atoms with Gasteiger partial charge in [-0.15, -0.1) is 11.6 Å².